The Hall–Kier alpha value is -1.26. The standard InChI is InChI=1S/C13H15N3S/c1-9-2-4-10(5-3-9)12-11(8-14)16-6-7-17-13(16)15-12/h2-5H,6-8,14H2,1H3. The third-order valence-corrected chi connectivity index (χ3v) is 4.06. The van der Waals surface area contributed by atoms with Crippen LogP contribution in [0.5, 0.6) is 0 Å². The van der Waals surface area contributed by atoms with Crippen molar-refractivity contribution in [2.45, 2.75) is 25.2 Å². The van der Waals surface area contributed by atoms with E-state index in [4.69, 9.17) is 10.7 Å². The maximum absolute atomic E-state index is 5.87. The molecule has 3 nitrogen and oxygen atoms in total. The Morgan fingerprint density at radius 1 is 1.35 bits per heavy atom. The fourth-order valence-corrected chi connectivity index (χ4v) is 3.15. The second kappa shape index (κ2) is 4.20. The number of nitrogens with zero attached hydrogens (tertiary/aromatic N) is 2. The predicted molar refractivity (Wildman–Crippen MR) is 71.0 cm³/mol. The van der Waals surface area contributed by atoms with Crippen LogP contribution in [0.4, 0.5) is 0 Å². The highest BCUT2D eigenvalue weighted by molar-refractivity contribution is 7.99. The first-order chi connectivity index (χ1) is 8.29. The Labute approximate surface area is 105 Å². The fourth-order valence-electron chi connectivity index (χ4n) is 2.18. The van der Waals surface area contributed by atoms with E-state index in [9.17, 15) is 0 Å². The lowest BCUT2D eigenvalue weighted by Crippen LogP contribution is -2.07. The molecule has 2 N–H and O–H groups in total. The number of hydrogen-bond donors (Lipinski definition) is 1. The molecule has 1 aromatic heterocycles. The Balaban J connectivity index is 2.11. The molecule has 1 aliphatic heterocycles. The molecule has 0 radical (unpaired) electrons. The van der Waals surface area contributed by atoms with Crippen molar-refractivity contribution in [1.29, 1.82) is 0 Å². The van der Waals surface area contributed by atoms with Gasteiger partial charge in [-0.05, 0) is 6.92 Å². The number of rotatable bonds is 2. The number of hydrogen-bond acceptors (Lipinski definition) is 3. The largest absolute Gasteiger partial charge is 0.325 e. The number of nitrogens with two attached hydrogens (primary N) is 1. The van der Waals surface area contributed by atoms with Gasteiger partial charge in [0.05, 0.1) is 11.4 Å². The van der Waals surface area contributed by atoms with Crippen molar-refractivity contribution >= 4 is 11.8 Å². The summed E-state index contributed by atoms with van der Waals surface area (Å²) in [6, 6.07) is 8.48. The van der Waals surface area contributed by atoms with Crippen LogP contribution in [0.2, 0.25) is 0 Å². The Morgan fingerprint density at radius 2 is 2.12 bits per heavy atom. The van der Waals surface area contributed by atoms with Crippen LogP contribution < -0.4 is 5.73 Å². The van der Waals surface area contributed by atoms with E-state index in [1.54, 1.807) is 0 Å². The molecule has 0 spiro atoms. The number of aryl methyl sites for hydroxylation is 1. The highest BCUT2D eigenvalue weighted by Gasteiger charge is 2.21. The third kappa shape index (κ3) is 1.77. The van der Waals surface area contributed by atoms with Crippen molar-refractivity contribution in [3.8, 4) is 11.3 Å². The molecular formula is C13H15N3S. The van der Waals surface area contributed by atoms with Crippen LogP contribution in [0.3, 0.4) is 0 Å². The number of fused-ring (bicyclic) bond motifs is 1. The summed E-state index contributed by atoms with van der Waals surface area (Å²) in [5, 5.41) is 1.11. The van der Waals surface area contributed by atoms with Gasteiger partial charge in [0.15, 0.2) is 5.16 Å². The SMILES string of the molecule is Cc1ccc(-c2nc3n(c2CN)CCS3)cc1. The molecule has 0 saturated carbocycles. The predicted octanol–water partition coefficient (Wildman–Crippen LogP) is 2.42. The molecule has 0 aliphatic carbocycles. The van der Waals surface area contributed by atoms with E-state index in [1.165, 1.54) is 11.1 Å². The first-order valence-corrected chi connectivity index (χ1v) is 6.77. The van der Waals surface area contributed by atoms with Gasteiger partial charge >= 0.3 is 0 Å². The van der Waals surface area contributed by atoms with Gasteiger partial charge in [-0.1, -0.05) is 41.6 Å². The van der Waals surface area contributed by atoms with Crippen LogP contribution in [-0.2, 0) is 13.1 Å². The lowest BCUT2D eigenvalue weighted by molar-refractivity contribution is 0.678. The first kappa shape index (κ1) is 10.9. The van der Waals surface area contributed by atoms with Crippen molar-refractivity contribution in [2.75, 3.05) is 5.75 Å². The summed E-state index contributed by atoms with van der Waals surface area (Å²) in [5.41, 5.74) is 10.5. The monoisotopic (exact) mass is 245 g/mol. The number of aromatic nitrogens is 2. The van der Waals surface area contributed by atoms with E-state index >= 15 is 0 Å². The summed E-state index contributed by atoms with van der Waals surface area (Å²) < 4.78 is 2.25. The van der Waals surface area contributed by atoms with Gasteiger partial charge in [-0.3, -0.25) is 0 Å². The third-order valence-electron chi connectivity index (χ3n) is 3.10. The molecule has 4 heteroatoms. The molecule has 2 heterocycles. The molecule has 0 fully saturated rings. The smallest absolute Gasteiger partial charge is 0.168 e. The molecule has 0 saturated heterocycles. The Bertz CT molecular complexity index is 543. The van der Waals surface area contributed by atoms with Crippen molar-refractivity contribution in [2.24, 2.45) is 5.73 Å². The summed E-state index contributed by atoms with van der Waals surface area (Å²) in [5.74, 6) is 1.11. The van der Waals surface area contributed by atoms with Crippen molar-refractivity contribution < 1.29 is 0 Å². The molecule has 17 heavy (non-hydrogen) atoms. The molecule has 2 aromatic rings. The minimum Gasteiger partial charge on any atom is -0.325 e. The van der Waals surface area contributed by atoms with Crippen LogP contribution in [-0.4, -0.2) is 15.3 Å². The zero-order chi connectivity index (χ0) is 11.8. The molecule has 0 atom stereocenters. The van der Waals surface area contributed by atoms with Crippen LogP contribution in [0.25, 0.3) is 11.3 Å². The molecule has 0 unspecified atom stereocenters. The van der Waals surface area contributed by atoms with E-state index < -0.39 is 0 Å². The first-order valence-electron chi connectivity index (χ1n) is 5.79. The summed E-state index contributed by atoms with van der Waals surface area (Å²) in [6.07, 6.45) is 0. The van der Waals surface area contributed by atoms with Gasteiger partial charge in [0.25, 0.3) is 0 Å². The van der Waals surface area contributed by atoms with Gasteiger partial charge in [0.1, 0.15) is 0 Å². The normalized spacial score (nSPS) is 14.0. The Kier molecular flexibility index (Phi) is 2.68. The van der Waals surface area contributed by atoms with Gasteiger partial charge < -0.3 is 10.3 Å². The number of benzene rings is 1. The molecule has 1 aliphatic rings. The topological polar surface area (TPSA) is 43.8 Å². The molecule has 88 valence electrons. The van der Waals surface area contributed by atoms with Crippen LogP contribution >= 0.6 is 11.8 Å². The van der Waals surface area contributed by atoms with E-state index in [1.807, 2.05) is 11.8 Å². The van der Waals surface area contributed by atoms with E-state index in [2.05, 4.69) is 35.8 Å². The summed E-state index contributed by atoms with van der Waals surface area (Å²) in [4.78, 5) is 4.71. The van der Waals surface area contributed by atoms with E-state index in [0.717, 1.165) is 28.8 Å². The minimum atomic E-state index is 0.552. The molecule has 0 bridgehead atoms. The average Bonchev–Trinajstić information content (AvgIpc) is 2.89. The zero-order valence-corrected chi connectivity index (χ0v) is 10.6. The molecule has 3 rings (SSSR count). The van der Waals surface area contributed by atoms with E-state index in [-0.39, 0.29) is 0 Å². The highest BCUT2D eigenvalue weighted by atomic mass is 32.2. The Morgan fingerprint density at radius 3 is 2.82 bits per heavy atom. The average molecular weight is 245 g/mol. The second-order valence-corrected chi connectivity index (χ2v) is 5.32. The van der Waals surface area contributed by atoms with Crippen molar-refractivity contribution in [3.63, 3.8) is 0 Å². The molecule has 1 aromatic carbocycles. The molecular weight excluding hydrogens is 230 g/mol. The van der Waals surface area contributed by atoms with Gasteiger partial charge in [-0.2, -0.15) is 0 Å². The maximum Gasteiger partial charge on any atom is 0.168 e. The molecule has 0 amide bonds. The van der Waals surface area contributed by atoms with Crippen LogP contribution in [0, 0.1) is 6.92 Å². The van der Waals surface area contributed by atoms with Crippen LogP contribution in [0.15, 0.2) is 29.4 Å². The van der Waals surface area contributed by atoms with Gasteiger partial charge in [-0.25, -0.2) is 4.98 Å². The van der Waals surface area contributed by atoms with Gasteiger partial charge in [0, 0.05) is 24.4 Å². The second-order valence-electron chi connectivity index (χ2n) is 4.26. The zero-order valence-electron chi connectivity index (χ0n) is 9.81. The quantitative estimate of drug-likeness (QED) is 0.883. The lowest BCUT2D eigenvalue weighted by Gasteiger charge is -2.05. The van der Waals surface area contributed by atoms with Gasteiger partial charge in [0.2, 0.25) is 0 Å². The van der Waals surface area contributed by atoms with E-state index in [0.29, 0.717) is 6.54 Å². The van der Waals surface area contributed by atoms with Crippen molar-refractivity contribution in [1.82, 2.24) is 9.55 Å². The van der Waals surface area contributed by atoms with Crippen molar-refractivity contribution in [3.05, 3.63) is 35.5 Å². The maximum atomic E-state index is 5.87. The summed E-state index contributed by atoms with van der Waals surface area (Å²) in [7, 11) is 0. The summed E-state index contributed by atoms with van der Waals surface area (Å²) >= 11 is 1.81. The fraction of sp³-hybridized carbons (Fsp3) is 0.308. The summed E-state index contributed by atoms with van der Waals surface area (Å²) in [6.45, 7) is 3.68. The lowest BCUT2D eigenvalue weighted by atomic mass is 10.1. The highest BCUT2D eigenvalue weighted by Crippen LogP contribution is 2.32. The van der Waals surface area contributed by atoms with Crippen LogP contribution in [0.1, 0.15) is 11.3 Å². The van der Waals surface area contributed by atoms with Gasteiger partial charge in [-0.15, -0.1) is 0 Å². The number of thioether (sulfide) groups is 1. The minimum absolute atomic E-state index is 0.552. The number of imidazole rings is 1.